The molecule has 0 saturated heterocycles. The van der Waals surface area contributed by atoms with E-state index in [0.29, 0.717) is 11.5 Å². The maximum Gasteiger partial charge on any atom is 0.189 e. The van der Waals surface area contributed by atoms with Crippen molar-refractivity contribution in [3.05, 3.63) is 48.0 Å². The third kappa shape index (κ3) is 2.55. The van der Waals surface area contributed by atoms with Crippen LogP contribution in [0, 0.1) is 6.92 Å². The van der Waals surface area contributed by atoms with Crippen molar-refractivity contribution in [3.63, 3.8) is 0 Å². The lowest BCUT2D eigenvalue weighted by molar-refractivity contribution is 0.0501. The van der Waals surface area contributed by atoms with Crippen LogP contribution in [0.4, 0.5) is 0 Å². The molecule has 3 aromatic rings. The van der Waals surface area contributed by atoms with Gasteiger partial charge in [0.2, 0.25) is 0 Å². The number of ether oxygens (including phenoxy) is 3. The fourth-order valence-corrected chi connectivity index (χ4v) is 3.10. The largest absolute Gasteiger partial charge is 0.493 e. The molecule has 0 N–H and O–H groups in total. The molecule has 2 aromatic carbocycles. The van der Waals surface area contributed by atoms with E-state index in [1.807, 2.05) is 12.1 Å². The van der Waals surface area contributed by atoms with Gasteiger partial charge in [0.1, 0.15) is 0 Å². The molecule has 0 fully saturated rings. The average Bonchev–Trinajstić information content (AvgIpc) is 2.84. The van der Waals surface area contributed by atoms with Crippen LogP contribution in [0.1, 0.15) is 5.56 Å². The molecule has 4 nitrogen and oxygen atoms in total. The predicted molar refractivity (Wildman–Crippen MR) is 92.1 cm³/mol. The van der Waals surface area contributed by atoms with E-state index < -0.39 is 0 Å². The van der Waals surface area contributed by atoms with Crippen molar-refractivity contribution in [2.45, 2.75) is 6.92 Å². The van der Waals surface area contributed by atoms with Crippen molar-refractivity contribution in [2.75, 3.05) is 21.0 Å². The molecule has 0 bridgehead atoms. The quantitative estimate of drug-likeness (QED) is 0.664. The Hall–Kier alpha value is -2.46. The van der Waals surface area contributed by atoms with E-state index in [2.05, 4.69) is 48.9 Å². The molecule has 0 unspecified atom stereocenters. The molecule has 0 radical (unpaired) electrons. The summed E-state index contributed by atoms with van der Waals surface area (Å²) in [7, 11) is 5.31. The Morgan fingerprint density at radius 1 is 1.00 bits per heavy atom. The van der Waals surface area contributed by atoms with Crippen LogP contribution in [0.2, 0.25) is 0 Å². The van der Waals surface area contributed by atoms with Crippen molar-refractivity contribution in [1.29, 1.82) is 0 Å². The van der Waals surface area contributed by atoms with Crippen molar-refractivity contribution < 1.29 is 14.2 Å². The van der Waals surface area contributed by atoms with E-state index >= 15 is 0 Å². The van der Waals surface area contributed by atoms with E-state index in [1.165, 1.54) is 16.8 Å². The molecule has 0 saturated carbocycles. The second-order valence-corrected chi connectivity index (χ2v) is 5.44. The van der Waals surface area contributed by atoms with Gasteiger partial charge >= 0.3 is 0 Å². The Bertz CT molecular complexity index is 822. The highest BCUT2D eigenvalue weighted by molar-refractivity contribution is 5.96. The van der Waals surface area contributed by atoms with Crippen molar-refractivity contribution in [2.24, 2.45) is 7.05 Å². The zero-order chi connectivity index (χ0) is 16.4. The zero-order valence-electron chi connectivity index (χ0n) is 13.9. The summed E-state index contributed by atoms with van der Waals surface area (Å²) in [5.74, 6) is 1.41. The maximum absolute atomic E-state index is 5.81. The third-order valence-electron chi connectivity index (χ3n) is 4.11. The first-order valence-electron chi connectivity index (χ1n) is 7.52. The van der Waals surface area contributed by atoms with Crippen LogP contribution in [0.5, 0.6) is 11.5 Å². The molecule has 0 aliphatic heterocycles. The van der Waals surface area contributed by atoms with E-state index in [-0.39, 0.29) is 6.79 Å². The SMILES string of the molecule is COCOc1c(OC)ccc2c(C)c(-c3ccccc3)n(C)c12. The smallest absolute Gasteiger partial charge is 0.189 e. The molecule has 1 heterocycles. The first-order valence-corrected chi connectivity index (χ1v) is 7.52. The van der Waals surface area contributed by atoms with Gasteiger partial charge in [-0.05, 0) is 30.2 Å². The molecule has 1 aromatic heterocycles. The minimum absolute atomic E-state index is 0.181. The first kappa shape index (κ1) is 15.4. The summed E-state index contributed by atoms with van der Waals surface area (Å²) in [6.07, 6.45) is 0. The number of benzene rings is 2. The number of hydrogen-bond donors (Lipinski definition) is 0. The van der Waals surface area contributed by atoms with Gasteiger partial charge in [-0.2, -0.15) is 0 Å². The number of methoxy groups -OCH3 is 2. The number of nitrogens with zero attached hydrogens (tertiary/aromatic N) is 1. The lowest BCUT2D eigenvalue weighted by Gasteiger charge is -2.13. The van der Waals surface area contributed by atoms with Crippen LogP contribution in [-0.2, 0) is 11.8 Å². The van der Waals surface area contributed by atoms with Crippen LogP contribution in [0.15, 0.2) is 42.5 Å². The minimum Gasteiger partial charge on any atom is -0.493 e. The van der Waals surface area contributed by atoms with Crippen LogP contribution in [-0.4, -0.2) is 25.6 Å². The summed E-state index contributed by atoms with van der Waals surface area (Å²) in [6.45, 7) is 2.32. The lowest BCUT2D eigenvalue weighted by atomic mass is 10.1. The van der Waals surface area contributed by atoms with E-state index in [9.17, 15) is 0 Å². The van der Waals surface area contributed by atoms with Crippen molar-refractivity contribution in [3.8, 4) is 22.8 Å². The second-order valence-electron chi connectivity index (χ2n) is 5.44. The van der Waals surface area contributed by atoms with Gasteiger partial charge in [0.25, 0.3) is 0 Å². The fraction of sp³-hybridized carbons (Fsp3) is 0.263. The second kappa shape index (κ2) is 6.34. The van der Waals surface area contributed by atoms with Crippen LogP contribution in [0.25, 0.3) is 22.2 Å². The monoisotopic (exact) mass is 311 g/mol. The molecule has 0 atom stereocenters. The van der Waals surface area contributed by atoms with Gasteiger partial charge in [-0.1, -0.05) is 30.3 Å². The Morgan fingerprint density at radius 2 is 1.74 bits per heavy atom. The standard InChI is InChI=1S/C19H21NO3/c1-13-15-10-11-16(22-4)19(23-12-21-3)18(15)20(2)17(13)14-8-6-5-7-9-14/h5-11H,12H2,1-4H3. The Balaban J connectivity index is 2.30. The Labute approximate surface area is 136 Å². The Morgan fingerprint density at radius 3 is 2.39 bits per heavy atom. The van der Waals surface area contributed by atoms with E-state index in [0.717, 1.165) is 10.9 Å². The summed E-state index contributed by atoms with van der Waals surface area (Å²) in [5, 5.41) is 1.15. The molecular weight excluding hydrogens is 290 g/mol. The van der Waals surface area contributed by atoms with Gasteiger partial charge < -0.3 is 18.8 Å². The van der Waals surface area contributed by atoms with Gasteiger partial charge in [0, 0.05) is 19.5 Å². The third-order valence-corrected chi connectivity index (χ3v) is 4.11. The van der Waals surface area contributed by atoms with Gasteiger partial charge in [-0.25, -0.2) is 0 Å². The number of aromatic nitrogens is 1. The first-order chi connectivity index (χ1) is 11.2. The molecule has 0 spiro atoms. The average molecular weight is 311 g/mol. The minimum atomic E-state index is 0.181. The highest BCUT2D eigenvalue weighted by Crippen LogP contribution is 2.41. The predicted octanol–water partition coefficient (Wildman–Crippen LogP) is 4.15. The van der Waals surface area contributed by atoms with Crippen molar-refractivity contribution >= 4 is 10.9 Å². The number of aryl methyl sites for hydroxylation is 2. The van der Waals surface area contributed by atoms with Gasteiger partial charge in [-0.3, -0.25) is 0 Å². The topological polar surface area (TPSA) is 32.6 Å². The number of rotatable bonds is 5. The van der Waals surface area contributed by atoms with E-state index in [1.54, 1.807) is 14.2 Å². The molecular formula is C19H21NO3. The van der Waals surface area contributed by atoms with Crippen LogP contribution < -0.4 is 9.47 Å². The highest BCUT2D eigenvalue weighted by Gasteiger charge is 2.19. The molecule has 120 valence electrons. The zero-order valence-corrected chi connectivity index (χ0v) is 13.9. The van der Waals surface area contributed by atoms with E-state index in [4.69, 9.17) is 14.2 Å². The number of fused-ring (bicyclic) bond motifs is 1. The molecule has 0 amide bonds. The van der Waals surface area contributed by atoms with Gasteiger partial charge in [0.15, 0.2) is 18.3 Å². The fourth-order valence-electron chi connectivity index (χ4n) is 3.10. The maximum atomic E-state index is 5.81. The van der Waals surface area contributed by atoms with Crippen molar-refractivity contribution in [1.82, 2.24) is 4.57 Å². The summed E-state index contributed by atoms with van der Waals surface area (Å²) < 4.78 is 18.5. The molecule has 4 heteroatoms. The highest BCUT2D eigenvalue weighted by atomic mass is 16.7. The molecule has 0 aliphatic carbocycles. The molecule has 3 rings (SSSR count). The van der Waals surface area contributed by atoms with Gasteiger partial charge in [-0.15, -0.1) is 0 Å². The van der Waals surface area contributed by atoms with Gasteiger partial charge in [0.05, 0.1) is 18.3 Å². The van der Waals surface area contributed by atoms with Crippen LogP contribution >= 0.6 is 0 Å². The summed E-state index contributed by atoms with van der Waals surface area (Å²) in [4.78, 5) is 0. The summed E-state index contributed by atoms with van der Waals surface area (Å²) in [5.41, 5.74) is 4.59. The van der Waals surface area contributed by atoms with Crippen LogP contribution in [0.3, 0.4) is 0 Å². The number of hydrogen-bond acceptors (Lipinski definition) is 3. The molecule has 0 aliphatic rings. The lowest BCUT2D eigenvalue weighted by Crippen LogP contribution is -2.03. The normalized spacial score (nSPS) is 11.0. The summed E-state index contributed by atoms with van der Waals surface area (Å²) >= 11 is 0. The summed E-state index contributed by atoms with van der Waals surface area (Å²) in [6, 6.07) is 14.4. The molecule has 23 heavy (non-hydrogen) atoms. The Kier molecular flexibility index (Phi) is 4.26.